The number of carbonyl (C=O) groups excluding carboxylic acids is 1. The minimum absolute atomic E-state index is 0.0317. The van der Waals surface area contributed by atoms with Crippen molar-refractivity contribution in [2.75, 3.05) is 24.5 Å². The molecule has 5 rings (SSSR count). The van der Waals surface area contributed by atoms with Crippen molar-refractivity contribution in [3.63, 3.8) is 0 Å². The molecule has 4 heterocycles. The van der Waals surface area contributed by atoms with Crippen LogP contribution in [0, 0.1) is 0 Å². The highest BCUT2D eigenvalue weighted by Gasteiger charge is 2.38. The molecule has 0 radical (unpaired) electrons. The number of fused-ring (bicyclic) bond motifs is 2. The summed E-state index contributed by atoms with van der Waals surface area (Å²) in [6, 6.07) is 6.01. The molecule has 1 N–H and O–H groups in total. The number of ether oxygens (including phenoxy) is 1. The Kier molecular flexibility index (Phi) is 6.60. The van der Waals surface area contributed by atoms with E-state index >= 15 is 0 Å². The number of anilines is 1. The summed E-state index contributed by atoms with van der Waals surface area (Å²) < 4.78 is 48.3. The summed E-state index contributed by atoms with van der Waals surface area (Å²) in [5, 5.41) is 9.65. The molecule has 0 aliphatic carbocycles. The quantitative estimate of drug-likeness (QED) is 0.432. The molecule has 0 spiro atoms. The van der Waals surface area contributed by atoms with Gasteiger partial charge in [0.25, 0.3) is 0 Å². The van der Waals surface area contributed by atoms with E-state index in [0.717, 1.165) is 16.8 Å². The van der Waals surface area contributed by atoms with Crippen LogP contribution in [0.5, 0.6) is 0 Å². The smallest absolute Gasteiger partial charge is 0.416 e. The van der Waals surface area contributed by atoms with Crippen LogP contribution in [0.25, 0.3) is 21.3 Å². The van der Waals surface area contributed by atoms with Crippen LogP contribution in [0.4, 0.5) is 23.7 Å². The number of pyridine rings is 1. The van der Waals surface area contributed by atoms with E-state index in [1.165, 1.54) is 23.5 Å². The van der Waals surface area contributed by atoms with E-state index in [1.54, 1.807) is 23.2 Å². The molecular formula is C27H30F3N3O3S. The van der Waals surface area contributed by atoms with Crippen LogP contribution in [-0.2, 0) is 23.9 Å². The number of alkyl halides is 3. The third-order valence-corrected chi connectivity index (χ3v) is 7.96. The zero-order chi connectivity index (χ0) is 26.5. The van der Waals surface area contributed by atoms with E-state index in [4.69, 9.17) is 4.74 Å². The van der Waals surface area contributed by atoms with Crippen molar-refractivity contribution in [2.45, 2.75) is 64.5 Å². The Labute approximate surface area is 217 Å². The van der Waals surface area contributed by atoms with E-state index in [0.29, 0.717) is 59.6 Å². The number of aliphatic hydroxyl groups is 1. The van der Waals surface area contributed by atoms with Crippen molar-refractivity contribution < 1.29 is 27.8 Å². The van der Waals surface area contributed by atoms with Gasteiger partial charge in [0.05, 0.1) is 22.4 Å². The van der Waals surface area contributed by atoms with Crippen LogP contribution >= 0.6 is 11.3 Å². The fourth-order valence-corrected chi connectivity index (χ4v) is 6.28. The molecule has 1 saturated heterocycles. The second-order valence-corrected chi connectivity index (χ2v) is 11.8. The lowest BCUT2D eigenvalue weighted by Crippen LogP contribution is -2.43. The number of likely N-dealkylation sites (tertiary alicyclic amines) is 1. The SMILES string of the molecule is CC(C)(C)OC(=O)N1CC[C@@H](N2CCCc3cc(C(F)(F)F)cc(-c4ccnc5cc(CO)sc45)c32)C1. The van der Waals surface area contributed by atoms with E-state index in [9.17, 15) is 23.1 Å². The van der Waals surface area contributed by atoms with Crippen LogP contribution in [0.2, 0.25) is 0 Å². The number of hydrogen-bond donors (Lipinski definition) is 1. The lowest BCUT2D eigenvalue weighted by Gasteiger charge is -2.38. The standard InChI is InChI=1S/C27H30F3N3O3S/c1-26(2,3)36-25(35)32-10-7-18(14-32)33-9-4-5-16-11-17(27(28,29)30)12-21(23(16)33)20-6-8-31-22-13-19(15-34)37-24(20)22/h6,8,11-13,18,34H,4-5,7,9-10,14-15H2,1-3H3/t18-/m1/s1. The molecular weight excluding hydrogens is 503 g/mol. The first kappa shape index (κ1) is 25.8. The van der Waals surface area contributed by atoms with Crippen LogP contribution in [0.3, 0.4) is 0 Å². The van der Waals surface area contributed by atoms with Gasteiger partial charge in [0.2, 0.25) is 0 Å². The van der Waals surface area contributed by atoms with Crippen LogP contribution in [-0.4, -0.2) is 52.4 Å². The lowest BCUT2D eigenvalue weighted by molar-refractivity contribution is -0.137. The van der Waals surface area contributed by atoms with E-state index in [-0.39, 0.29) is 18.7 Å². The molecule has 2 aliphatic heterocycles. The molecule has 2 aromatic heterocycles. The van der Waals surface area contributed by atoms with Crippen molar-refractivity contribution in [2.24, 2.45) is 0 Å². The topological polar surface area (TPSA) is 65.9 Å². The molecule has 0 saturated carbocycles. The fraction of sp³-hybridized carbons (Fsp3) is 0.481. The molecule has 0 unspecified atom stereocenters. The Balaban J connectivity index is 1.60. The number of aryl methyl sites for hydroxylation is 1. The van der Waals surface area contributed by atoms with Gasteiger partial charge in [-0.15, -0.1) is 11.3 Å². The minimum Gasteiger partial charge on any atom is -0.444 e. The molecule has 1 amide bonds. The van der Waals surface area contributed by atoms with Crippen LogP contribution in [0.1, 0.15) is 49.6 Å². The average molecular weight is 534 g/mol. The first-order chi connectivity index (χ1) is 17.4. The van der Waals surface area contributed by atoms with E-state index in [2.05, 4.69) is 9.88 Å². The normalized spacial score (nSPS) is 18.4. The molecule has 0 bridgehead atoms. The van der Waals surface area contributed by atoms with Gasteiger partial charge in [-0.25, -0.2) is 4.79 Å². The molecule has 1 atom stereocenters. The van der Waals surface area contributed by atoms with Gasteiger partial charge < -0.3 is 19.6 Å². The molecule has 6 nitrogen and oxygen atoms in total. The Bertz CT molecular complexity index is 1330. The van der Waals surface area contributed by atoms with Gasteiger partial charge in [0, 0.05) is 53.6 Å². The van der Waals surface area contributed by atoms with Crippen molar-refractivity contribution in [3.05, 3.63) is 46.5 Å². The van der Waals surface area contributed by atoms with E-state index in [1.807, 2.05) is 20.8 Å². The maximum atomic E-state index is 14.0. The number of nitrogens with zero attached hydrogens (tertiary/aromatic N) is 3. The number of aromatic nitrogens is 1. The number of aliphatic hydroxyl groups excluding tert-OH is 1. The lowest BCUT2D eigenvalue weighted by atomic mass is 9.90. The Morgan fingerprint density at radius 1 is 1.19 bits per heavy atom. The largest absolute Gasteiger partial charge is 0.444 e. The maximum Gasteiger partial charge on any atom is 0.416 e. The average Bonchev–Trinajstić information content (AvgIpc) is 3.48. The first-order valence-corrected chi connectivity index (χ1v) is 13.2. The summed E-state index contributed by atoms with van der Waals surface area (Å²) in [5.74, 6) is 0. The van der Waals surface area contributed by atoms with E-state index < -0.39 is 17.3 Å². The summed E-state index contributed by atoms with van der Waals surface area (Å²) in [6.45, 7) is 7.00. The highest BCUT2D eigenvalue weighted by molar-refractivity contribution is 7.19. The molecule has 1 fully saturated rings. The zero-order valence-electron chi connectivity index (χ0n) is 21.1. The number of halogens is 3. The number of amides is 1. The number of benzene rings is 1. The molecule has 198 valence electrons. The van der Waals surface area contributed by atoms with Crippen molar-refractivity contribution in [1.29, 1.82) is 0 Å². The number of rotatable bonds is 3. The number of carbonyl (C=O) groups is 1. The second kappa shape index (κ2) is 9.47. The summed E-state index contributed by atoms with van der Waals surface area (Å²) >= 11 is 1.34. The van der Waals surface area contributed by atoms with Gasteiger partial charge in [-0.1, -0.05) is 0 Å². The Morgan fingerprint density at radius 3 is 2.68 bits per heavy atom. The summed E-state index contributed by atoms with van der Waals surface area (Å²) in [6.07, 6.45) is -1.26. The maximum absolute atomic E-state index is 14.0. The highest BCUT2D eigenvalue weighted by atomic mass is 32.1. The number of thiophene rings is 1. The van der Waals surface area contributed by atoms with Gasteiger partial charge in [-0.3, -0.25) is 4.98 Å². The first-order valence-electron chi connectivity index (χ1n) is 12.4. The van der Waals surface area contributed by atoms with Gasteiger partial charge in [-0.2, -0.15) is 13.2 Å². The van der Waals surface area contributed by atoms with Gasteiger partial charge in [0.15, 0.2) is 0 Å². The fourth-order valence-electron chi connectivity index (χ4n) is 5.28. The molecule has 2 aliphatic rings. The summed E-state index contributed by atoms with van der Waals surface area (Å²) in [4.78, 5) is 21.6. The van der Waals surface area contributed by atoms with Crippen LogP contribution in [0.15, 0.2) is 30.5 Å². The molecule has 3 aromatic rings. The van der Waals surface area contributed by atoms with Gasteiger partial charge >= 0.3 is 12.3 Å². The van der Waals surface area contributed by atoms with Crippen molar-refractivity contribution in [3.8, 4) is 11.1 Å². The van der Waals surface area contributed by atoms with Crippen LogP contribution < -0.4 is 4.90 Å². The third kappa shape index (κ3) is 5.13. The zero-order valence-corrected chi connectivity index (χ0v) is 21.9. The minimum atomic E-state index is -4.48. The van der Waals surface area contributed by atoms with Crippen molar-refractivity contribution in [1.82, 2.24) is 9.88 Å². The Morgan fingerprint density at radius 2 is 1.97 bits per heavy atom. The summed E-state index contributed by atoms with van der Waals surface area (Å²) in [7, 11) is 0. The predicted molar refractivity (Wildman–Crippen MR) is 138 cm³/mol. The predicted octanol–water partition coefficient (Wildman–Crippen LogP) is 6.24. The number of hydrogen-bond acceptors (Lipinski definition) is 6. The van der Waals surface area contributed by atoms with Gasteiger partial charge in [-0.05, 0) is 69.9 Å². The van der Waals surface area contributed by atoms with Gasteiger partial charge in [0.1, 0.15) is 5.60 Å². The Hall–Kier alpha value is -2.85. The monoisotopic (exact) mass is 533 g/mol. The highest BCUT2D eigenvalue weighted by Crippen LogP contribution is 2.46. The second-order valence-electron chi connectivity index (χ2n) is 10.6. The molecule has 10 heteroatoms. The third-order valence-electron chi connectivity index (χ3n) is 6.81. The summed E-state index contributed by atoms with van der Waals surface area (Å²) in [5.41, 5.74) is 2.02. The van der Waals surface area contributed by atoms with Crippen molar-refractivity contribution >= 4 is 33.3 Å². The molecule has 1 aromatic carbocycles. The molecule has 37 heavy (non-hydrogen) atoms.